The van der Waals surface area contributed by atoms with Gasteiger partial charge in [0, 0.05) is 17.1 Å². The van der Waals surface area contributed by atoms with Gasteiger partial charge in [0.1, 0.15) is 6.07 Å². The van der Waals surface area contributed by atoms with E-state index >= 15 is 0 Å². The Hall–Kier alpha value is -2.53. The van der Waals surface area contributed by atoms with Gasteiger partial charge in [-0.25, -0.2) is 0 Å². The number of nitriles is 1. The van der Waals surface area contributed by atoms with E-state index in [2.05, 4.69) is 15.5 Å². The van der Waals surface area contributed by atoms with Crippen LogP contribution in [0.5, 0.6) is 0 Å². The highest BCUT2D eigenvalue weighted by molar-refractivity contribution is 7.99. The van der Waals surface area contributed by atoms with E-state index in [9.17, 15) is 4.79 Å². The number of rotatable bonds is 6. The first kappa shape index (κ1) is 20.2. The van der Waals surface area contributed by atoms with Crippen molar-refractivity contribution in [1.82, 2.24) is 14.8 Å². The SMILES string of the molecule is CCn1c(SCC(=O)Nc2cc(Cl)ccc2C#N)nnc1-c1ccccc1Cl. The van der Waals surface area contributed by atoms with E-state index in [1.807, 2.05) is 35.8 Å². The third-order valence-corrected chi connectivity index (χ3v) is 5.39. The van der Waals surface area contributed by atoms with Crippen LogP contribution in [-0.2, 0) is 11.3 Å². The fourth-order valence-electron chi connectivity index (χ4n) is 2.56. The molecule has 0 atom stereocenters. The molecule has 0 saturated heterocycles. The summed E-state index contributed by atoms with van der Waals surface area (Å²) in [5, 5.41) is 21.9. The summed E-state index contributed by atoms with van der Waals surface area (Å²) in [6.45, 7) is 2.60. The molecular weight excluding hydrogens is 417 g/mol. The molecule has 0 aliphatic rings. The molecule has 6 nitrogen and oxygen atoms in total. The van der Waals surface area contributed by atoms with Gasteiger partial charge >= 0.3 is 0 Å². The van der Waals surface area contributed by atoms with E-state index in [-0.39, 0.29) is 11.7 Å². The van der Waals surface area contributed by atoms with Crippen LogP contribution in [0, 0.1) is 11.3 Å². The van der Waals surface area contributed by atoms with Crippen molar-refractivity contribution in [3.63, 3.8) is 0 Å². The lowest BCUT2D eigenvalue weighted by Crippen LogP contribution is -2.15. The molecule has 2 aromatic carbocycles. The van der Waals surface area contributed by atoms with Gasteiger partial charge in [-0.2, -0.15) is 5.26 Å². The number of nitrogens with zero attached hydrogens (tertiary/aromatic N) is 4. The predicted octanol–water partition coefficient (Wildman–Crippen LogP) is 4.87. The molecule has 9 heteroatoms. The molecule has 0 spiro atoms. The van der Waals surface area contributed by atoms with E-state index in [0.29, 0.717) is 38.8 Å². The minimum absolute atomic E-state index is 0.109. The van der Waals surface area contributed by atoms with Gasteiger partial charge in [0.25, 0.3) is 0 Å². The van der Waals surface area contributed by atoms with Crippen LogP contribution in [0.15, 0.2) is 47.6 Å². The number of anilines is 1. The second kappa shape index (κ2) is 9.11. The lowest BCUT2D eigenvalue weighted by atomic mass is 10.2. The van der Waals surface area contributed by atoms with Crippen LogP contribution in [0.2, 0.25) is 10.0 Å². The van der Waals surface area contributed by atoms with Crippen molar-refractivity contribution < 1.29 is 4.79 Å². The van der Waals surface area contributed by atoms with Crippen LogP contribution in [0.25, 0.3) is 11.4 Å². The zero-order chi connectivity index (χ0) is 20.1. The van der Waals surface area contributed by atoms with Crippen molar-refractivity contribution >= 4 is 46.6 Å². The first-order valence-electron chi connectivity index (χ1n) is 8.34. The minimum atomic E-state index is -0.270. The Morgan fingerprint density at radius 1 is 1.25 bits per heavy atom. The van der Waals surface area contributed by atoms with Crippen LogP contribution in [0.4, 0.5) is 5.69 Å². The zero-order valence-corrected chi connectivity index (χ0v) is 17.1. The number of carbonyl (C=O) groups excluding carboxylic acids is 1. The number of hydrogen-bond acceptors (Lipinski definition) is 5. The van der Waals surface area contributed by atoms with E-state index in [1.165, 1.54) is 11.8 Å². The van der Waals surface area contributed by atoms with Crippen molar-refractivity contribution in [2.45, 2.75) is 18.6 Å². The number of thioether (sulfide) groups is 1. The molecule has 28 heavy (non-hydrogen) atoms. The Kier molecular flexibility index (Phi) is 6.57. The van der Waals surface area contributed by atoms with Crippen LogP contribution < -0.4 is 5.32 Å². The normalized spacial score (nSPS) is 10.5. The van der Waals surface area contributed by atoms with E-state index < -0.39 is 0 Å². The number of amides is 1. The van der Waals surface area contributed by atoms with Crippen molar-refractivity contribution in [2.24, 2.45) is 0 Å². The maximum absolute atomic E-state index is 12.3. The van der Waals surface area contributed by atoms with Crippen molar-refractivity contribution in [3.8, 4) is 17.5 Å². The largest absolute Gasteiger partial charge is 0.324 e. The zero-order valence-electron chi connectivity index (χ0n) is 14.8. The quantitative estimate of drug-likeness (QED) is 0.562. The summed E-state index contributed by atoms with van der Waals surface area (Å²) in [4.78, 5) is 12.3. The van der Waals surface area contributed by atoms with Crippen LogP contribution in [0.3, 0.4) is 0 Å². The summed E-state index contributed by atoms with van der Waals surface area (Å²) in [7, 11) is 0. The predicted molar refractivity (Wildman–Crippen MR) is 112 cm³/mol. The van der Waals surface area contributed by atoms with Crippen LogP contribution >= 0.6 is 35.0 Å². The Bertz CT molecular complexity index is 1060. The molecule has 0 saturated carbocycles. The number of nitrogens with one attached hydrogen (secondary N) is 1. The summed E-state index contributed by atoms with van der Waals surface area (Å²) < 4.78 is 1.90. The molecule has 0 bridgehead atoms. The smallest absolute Gasteiger partial charge is 0.234 e. The van der Waals surface area contributed by atoms with Crippen molar-refractivity contribution in [1.29, 1.82) is 5.26 Å². The first-order chi connectivity index (χ1) is 13.5. The third kappa shape index (κ3) is 4.47. The summed E-state index contributed by atoms with van der Waals surface area (Å²) in [5.41, 5.74) is 1.52. The Morgan fingerprint density at radius 2 is 2.04 bits per heavy atom. The fraction of sp³-hybridized carbons (Fsp3) is 0.158. The monoisotopic (exact) mass is 431 g/mol. The molecule has 1 amide bonds. The minimum Gasteiger partial charge on any atom is -0.324 e. The summed E-state index contributed by atoms with van der Waals surface area (Å²) >= 11 is 13.5. The first-order valence-corrected chi connectivity index (χ1v) is 10.1. The highest BCUT2D eigenvalue weighted by Crippen LogP contribution is 2.29. The molecule has 1 aromatic heterocycles. The number of carbonyl (C=O) groups is 1. The molecule has 0 aliphatic carbocycles. The Balaban J connectivity index is 1.73. The third-order valence-electron chi connectivity index (χ3n) is 3.86. The number of aromatic nitrogens is 3. The fourth-order valence-corrected chi connectivity index (χ4v) is 3.75. The van der Waals surface area contributed by atoms with E-state index in [0.717, 1.165) is 5.56 Å². The van der Waals surface area contributed by atoms with Gasteiger partial charge < -0.3 is 9.88 Å². The van der Waals surface area contributed by atoms with E-state index in [1.54, 1.807) is 24.3 Å². The number of hydrogen-bond donors (Lipinski definition) is 1. The molecule has 1 N–H and O–H groups in total. The van der Waals surface area contributed by atoms with Gasteiger partial charge in [0.15, 0.2) is 11.0 Å². The molecule has 142 valence electrons. The van der Waals surface area contributed by atoms with Crippen LogP contribution in [0.1, 0.15) is 12.5 Å². The maximum atomic E-state index is 12.3. The summed E-state index contributed by atoms with van der Waals surface area (Å²) in [6.07, 6.45) is 0. The standard InChI is InChI=1S/C19H15Cl2N5OS/c1-2-26-18(14-5-3-4-6-15(14)21)24-25-19(26)28-11-17(27)23-16-9-13(20)8-7-12(16)10-22/h3-9H,2,11H2,1H3,(H,23,27). The van der Waals surface area contributed by atoms with Gasteiger partial charge in [-0.05, 0) is 37.3 Å². The van der Waals surface area contributed by atoms with Crippen molar-refractivity contribution in [2.75, 3.05) is 11.1 Å². The molecule has 0 radical (unpaired) electrons. The molecule has 3 aromatic rings. The molecule has 0 aliphatic heterocycles. The summed E-state index contributed by atoms with van der Waals surface area (Å²) in [5.74, 6) is 0.490. The summed E-state index contributed by atoms with van der Waals surface area (Å²) in [6, 6.07) is 14.1. The molecule has 0 fully saturated rings. The lowest BCUT2D eigenvalue weighted by Gasteiger charge is -2.09. The highest BCUT2D eigenvalue weighted by Gasteiger charge is 2.17. The van der Waals surface area contributed by atoms with Gasteiger partial charge in [0.05, 0.1) is 22.0 Å². The van der Waals surface area contributed by atoms with Crippen molar-refractivity contribution in [3.05, 3.63) is 58.1 Å². The number of benzene rings is 2. The average molecular weight is 432 g/mol. The molecule has 0 unspecified atom stereocenters. The Morgan fingerprint density at radius 3 is 2.75 bits per heavy atom. The second-order valence-electron chi connectivity index (χ2n) is 5.67. The molecule has 1 heterocycles. The van der Waals surface area contributed by atoms with Gasteiger partial charge in [-0.1, -0.05) is 47.1 Å². The molecular formula is C19H15Cl2N5OS. The Labute approximate surface area is 176 Å². The lowest BCUT2D eigenvalue weighted by molar-refractivity contribution is -0.113. The van der Waals surface area contributed by atoms with Crippen LogP contribution in [-0.4, -0.2) is 26.4 Å². The van der Waals surface area contributed by atoms with Gasteiger partial charge in [-0.15, -0.1) is 10.2 Å². The van der Waals surface area contributed by atoms with Gasteiger partial charge in [-0.3, -0.25) is 4.79 Å². The van der Waals surface area contributed by atoms with Gasteiger partial charge in [0.2, 0.25) is 5.91 Å². The second-order valence-corrected chi connectivity index (χ2v) is 7.45. The maximum Gasteiger partial charge on any atom is 0.234 e. The number of halogens is 2. The average Bonchev–Trinajstić information content (AvgIpc) is 3.09. The molecule has 3 rings (SSSR count). The van der Waals surface area contributed by atoms with E-state index in [4.69, 9.17) is 28.5 Å². The topological polar surface area (TPSA) is 83.6 Å². The highest BCUT2D eigenvalue weighted by atomic mass is 35.5.